The van der Waals surface area contributed by atoms with Crippen molar-refractivity contribution in [2.75, 3.05) is 13.1 Å². The van der Waals surface area contributed by atoms with Crippen LogP contribution in [-0.4, -0.2) is 53.7 Å². The van der Waals surface area contributed by atoms with Gasteiger partial charge in [0, 0.05) is 13.1 Å². The van der Waals surface area contributed by atoms with Crippen LogP contribution in [0.2, 0.25) is 0 Å². The second-order valence-electron chi connectivity index (χ2n) is 9.46. The number of hydroxylamine groups is 2. The molecule has 1 heterocycles. The molecule has 0 aromatic heterocycles. The lowest BCUT2D eigenvalue weighted by molar-refractivity contribution is -0.161. The Balaban J connectivity index is 1.89. The normalized spacial score (nSPS) is 14.3. The van der Waals surface area contributed by atoms with Crippen LogP contribution in [0.5, 0.6) is 0 Å². The van der Waals surface area contributed by atoms with Gasteiger partial charge in [0.15, 0.2) is 6.10 Å². The number of imide groups is 1. The number of nitrogens with one attached hydrogen (secondary N) is 2. The van der Waals surface area contributed by atoms with E-state index in [1.165, 1.54) is 0 Å². The van der Waals surface area contributed by atoms with Gasteiger partial charge in [-0.25, -0.2) is 9.63 Å². The van der Waals surface area contributed by atoms with Gasteiger partial charge in [-0.2, -0.15) is 0 Å². The average Bonchev–Trinajstić information content (AvgIpc) is 2.97. The molecule has 0 unspecified atom stereocenters. The van der Waals surface area contributed by atoms with Crippen molar-refractivity contribution in [1.82, 2.24) is 15.7 Å². The van der Waals surface area contributed by atoms with E-state index in [2.05, 4.69) is 10.6 Å². The van der Waals surface area contributed by atoms with Crippen molar-refractivity contribution in [3.05, 3.63) is 35.4 Å². The standard InChI is InChI=1S/C24H35N3O6/c1-16(2)15-26-20(28)19(13-7-6-10-14-25-23(31)32-24(3,4)5)33-27-21(29)17-11-8-9-12-18(17)22(27)30/h8-9,11-12,16,19H,6-7,10,13-15H2,1-5H3,(H,25,31)(H,26,28)/t19-/m1/s1. The highest BCUT2D eigenvalue weighted by Gasteiger charge is 2.39. The summed E-state index contributed by atoms with van der Waals surface area (Å²) in [6, 6.07) is 6.46. The molecule has 182 valence electrons. The number of alkyl carbamates (subject to hydrolysis) is 1. The fraction of sp³-hybridized carbons (Fsp3) is 0.583. The summed E-state index contributed by atoms with van der Waals surface area (Å²) in [5.41, 5.74) is -0.0312. The zero-order valence-corrected chi connectivity index (χ0v) is 20.1. The number of fused-ring (bicyclic) bond motifs is 1. The third kappa shape index (κ3) is 8.16. The quantitative estimate of drug-likeness (QED) is 0.385. The molecule has 9 nitrogen and oxygen atoms in total. The van der Waals surface area contributed by atoms with Gasteiger partial charge >= 0.3 is 6.09 Å². The highest BCUT2D eigenvalue weighted by molar-refractivity contribution is 6.20. The lowest BCUT2D eigenvalue weighted by Gasteiger charge is -2.22. The van der Waals surface area contributed by atoms with E-state index in [0.29, 0.717) is 37.4 Å². The molecule has 0 saturated carbocycles. The topological polar surface area (TPSA) is 114 Å². The third-order valence-electron chi connectivity index (χ3n) is 4.78. The predicted octanol–water partition coefficient (Wildman–Crippen LogP) is 3.44. The van der Waals surface area contributed by atoms with Gasteiger partial charge in [-0.3, -0.25) is 14.4 Å². The van der Waals surface area contributed by atoms with Crippen LogP contribution >= 0.6 is 0 Å². The van der Waals surface area contributed by atoms with Crippen LogP contribution in [0.25, 0.3) is 0 Å². The maximum absolute atomic E-state index is 12.7. The van der Waals surface area contributed by atoms with Crippen LogP contribution < -0.4 is 10.6 Å². The molecule has 0 radical (unpaired) electrons. The minimum Gasteiger partial charge on any atom is -0.444 e. The Morgan fingerprint density at radius 2 is 1.58 bits per heavy atom. The molecule has 0 aliphatic carbocycles. The smallest absolute Gasteiger partial charge is 0.407 e. The number of amides is 4. The number of carbonyl (C=O) groups is 4. The molecule has 2 rings (SSSR count). The van der Waals surface area contributed by atoms with Crippen molar-refractivity contribution >= 4 is 23.8 Å². The van der Waals surface area contributed by atoms with Gasteiger partial charge < -0.3 is 15.4 Å². The van der Waals surface area contributed by atoms with Crippen molar-refractivity contribution in [2.24, 2.45) is 5.92 Å². The molecule has 9 heteroatoms. The van der Waals surface area contributed by atoms with E-state index >= 15 is 0 Å². The second kappa shape index (κ2) is 11.8. The van der Waals surface area contributed by atoms with Crippen LogP contribution in [-0.2, 0) is 14.4 Å². The number of ether oxygens (including phenoxy) is 1. The Bertz CT molecular complexity index is 827. The maximum atomic E-state index is 12.7. The first kappa shape index (κ1) is 26.3. The number of carbonyl (C=O) groups excluding carboxylic acids is 4. The summed E-state index contributed by atoms with van der Waals surface area (Å²) in [6.07, 6.45) is 0.886. The molecule has 0 saturated heterocycles. The van der Waals surface area contributed by atoms with Crippen LogP contribution in [0, 0.1) is 5.92 Å². The van der Waals surface area contributed by atoms with E-state index in [0.717, 1.165) is 6.42 Å². The zero-order chi connectivity index (χ0) is 24.6. The molecular formula is C24H35N3O6. The highest BCUT2D eigenvalue weighted by Crippen LogP contribution is 2.24. The van der Waals surface area contributed by atoms with Crippen molar-refractivity contribution in [1.29, 1.82) is 0 Å². The third-order valence-corrected chi connectivity index (χ3v) is 4.78. The van der Waals surface area contributed by atoms with Crippen molar-refractivity contribution in [2.45, 2.75) is 72.0 Å². The monoisotopic (exact) mass is 461 g/mol. The molecular weight excluding hydrogens is 426 g/mol. The van der Waals surface area contributed by atoms with Crippen molar-refractivity contribution < 1.29 is 28.8 Å². The number of nitrogens with zero attached hydrogens (tertiary/aromatic N) is 1. The molecule has 33 heavy (non-hydrogen) atoms. The molecule has 4 amide bonds. The predicted molar refractivity (Wildman–Crippen MR) is 122 cm³/mol. The van der Waals surface area contributed by atoms with Crippen LogP contribution in [0.3, 0.4) is 0 Å². The van der Waals surface area contributed by atoms with Crippen LogP contribution in [0.15, 0.2) is 24.3 Å². The van der Waals surface area contributed by atoms with Gasteiger partial charge in [-0.05, 0) is 51.7 Å². The number of unbranched alkanes of at least 4 members (excludes halogenated alkanes) is 2. The summed E-state index contributed by atoms with van der Waals surface area (Å²) < 4.78 is 5.19. The van der Waals surface area contributed by atoms with Crippen LogP contribution in [0.1, 0.15) is 81.0 Å². The maximum Gasteiger partial charge on any atom is 0.407 e. The number of rotatable bonds is 11. The molecule has 0 spiro atoms. The molecule has 1 aliphatic rings. The SMILES string of the molecule is CC(C)CNC(=O)[C@@H](CCCCCNC(=O)OC(C)(C)C)ON1C(=O)c2ccccc2C1=O. The second-order valence-corrected chi connectivity index (χ2v) is 9.46. The summed E-state index contributed by atoms with van der Waals surface area (Å²) in [5, 5.41) is 6.19. The number of benzene rings is 1. The van der Waals surface area contributed by atoms with Gasteiger partial charge in [0.1, 0.15) is 5.60 Å². The zero-order valence-electron chi connectivity index (χ0n) is 20.1. The number of hydrogen-bond donors (Lipinski definition) is 2. The molecule has 2 N–H and O–H groups in total. The Kier molecular flexibility index (Phi) is 9.40. The lowest BCUT2D eigenvalue weighted by Crippen LogP contribution is -2.44. The van der Waals surface area contributed by atoms with Crippen LogP contribution in [0.4, 0.5) is 4.79 Å². The Morgan fingerprint density at radius 1 is 0.970 bits per heavy atom. The summed E-state index contributed by atoms with van der Waals surface area (Å²) >= 11 is 0. The molecule has 0 bridgehead atoms. The first-order valence-corrected chi connectivity index (χ1v) is 11.4. The van der Waals surface area contributed by atoms with E-state index in [9.17, 15) is 19.2 Å². The van der Waals surface area contributed by atoms with Gasteiger partial charge in [0.2, 0.25) is 0 Å². The van der Waals surface area contributed by atoms with E-state index in [1.807, 2.05) is 13.8 Å². The fourth-order valence-electron chi connectivity index (χ4n) is 3.18. The van der Waals surface area contributed by atoms with Gasteiger partial charge in [-0.1, -0.05) is 38.8 Å². The first-order valence-electron chi connectivity index (χ1n) is 11.4. The lowest BCUT2D eigenvalue weighted by atomic mass is 10.1. The Hall–Kier alpha value is -2.94. The Morgan fingerprint density at radius 3 is 2.12 bits per heavy atom. The molecule has 1 aliphatic heterocycles. The van der Waals surface area contributed by atoms with Crippen molar-refractivity contribution in [3.63, 3.8) is 0 Å². The summed E-state index contributed by atoms with van der Waals surface area (Å²) in [6.45, 7) is 10.2. The van der Waals surface area contributed by atoms with Gasteiger partial charge in [-0.15, -0.1) is 5.06 Å². The minimum atomic E-state index is -0.982. The van der Waals surface area contributed by atoms with Gasteiger partial charge in [0.25, 0.3) is 17.7 Å². The summed E-state index contributed by atoms with van der Waals surface area (Å²) in [4.78, 5) is 55.2. The molecule has 1 aromatic rings. The fourth-order valence-corrected chi connectivity index (χ4v) is 3.18. The minimum absolute atomic E-state index is 0.243. The molecule has 0 fully saturated rings. The van der Waals surface area contributed by atoms with E-state index in [-0.39, 0.29) is 23.0 Å². The number of hydrogen-bond acceptors (Lipinski definition) is 6. The summed E-state index contributed by atoms with van der Waals surface area (Å²) in [7, 11) is 0. The van der Waals surface area contributed by atoms with E-state index in [1.54, 1.807) is 45.0 Å². The average molecular weight is 462 g/mol. The van der Waals surface area contributed by atoms with Gasteiger partial charge in [0.05, 0.1) is 11.1 Å². The largest absolute Gasteiger partial charge is 0.444 e. The van der Waals surface area contributed by atoms with E-state index in [4.69, 9.17) is 9.57 Å². The van der Waals surface area contributed by atoms with E-state index < -0.39 is 29.6 Å². The van der Waals surface area contributed by atoms with Crippen molar-refractivity contribution in [3.8, 4) is 0 Å². The molecule has 1 aromatic carbocycles. The Labute approximate surface area is 195 Å². The summed E-state index contributed by atoms with van der Waals surface area (Å²) in [5.74, 6) is -1.27. The molecule has 1 atom stereocenters. The first-order chi connectivity index (χ1) is 15.5. The highest BCUT2D eigenvalue weighted by atomic mass is 16.7.